The number of rotatable bonds is 5. The van der Waals surface area contributed by atoms with E-state index in [1.165, 1.54) is 10.7 Å². The van der Waals surface area contributed by atoms with Gasteiger partial charge in [-0.15, -0.1) is 0 Å². The van der Waals surface area contributed by atoms with Crippen LogP contribution >= 0.6 is 0 Å². The van der Waals surface area contributed by atoms with Crippen molar-refractivity contribution in [2.45, 2.75) is 26.3 Å². The molecule has 26 heavy (non-hydrogen) atoms. The number of aromatic nitrogens is 2. The molecular weight excluding hydrogens is 336 g/mol. The fourth-order valence-electron chi connectivity index (χ4n) is 2.97. The molecule has 0 atom stereocenters. The van der Waals surface area contributed by atoms with E-state index in [4.69, 9.17) is 4.42 Å². The molecule has 0 unspecified atom stereocenters. The Kier molecular flexibility index (Phi) is 5.50. The van der Waals surface area contributed by atoms with Crippen LogP contribution in [0.5, 0.6) is 0 Å². The van der Waals surface area contributed by atoms with E-state index in [-0.39, 0.29) is 17.4 Å². The van der Waals surface area contributed by atoms with Crippen LogP contribution < -0.4 is 5.56 Å². The van der Waals surface area contributed by atoms with E-state index in [9.17, 15) is 14.4 Å². The van der Waals surface area contributed by atoms with Gasteiger partial charge in [-0.2, -0.15) is 5.10 Å². The first-order chi connectivity index (χ1) is 12.5. The van der Waals surface area contributed by atoms with Crippen LogP contribution in [0.4, 0.5) is 0 Å². The van der Waals surface area contributed by atoms with Crippen LogP contribution in [0.15, 0.2) is 39.7 Å². The predicted molar refractivity (Wildman–Crippen MR) is 94.3 cm³/mol. The van der Waals surface area contributed by atoms with Crippen molar-refractivity contribution in [3.05, 3.63) is 40.9 Å². The maximum atomic E-state index is 12.3. The van der Waals surface area contributed by atoms with Gasteiger partial charge in [0.2, 0.25) is 11.8 Å². The molecule has 0 bridgehead atoms. The van der Waals surface area contributed by atoms with Crippen LogP contribution in [0, 0.1) is 0 Å². The summed E-state index contributed by atoms with van der Waals surface area (Å²) in [6.45, 7) is 4.18. The maximum absolute atomic E-state index is 12.3. The van der Waals surface area contributed by atoms with Crippen LogP contribution in [-0.2, 0) is 16.1 Å². The van der Waals surface area contributed by atoms with Gasteiger partial charge in [0.15, 0.2) is 5.76 Å². The fraction of sp³-hybridized carbons (Fsp3) is 0.444. The van der Waals surface area contributed by atoms with Gasteiger partial charge >= 0.3 is 0 Å². The third-order valence-electron chi connectivity index (χ3n) is 4.48. The lowest BCUT2D eigenvalue weighted by Crippen LogP contribution is -2.50. The number of carbonyl (C=O) groups is 2. The van der Waals surface area contributed by atoms with Crippen molar-refractivity contribution in [3.8, 4) is 11.5 Å². The zero-order valence-corrected chi connectivity index (χ0v) is 14.8. The van der Waals surface area contributed by atoms with E-state index in [1.54, 1.807) is 41.2 Å². The predicted octanol–water partition coefficient (Wildman–Crippen LogP) is 0.974. The van der Waals surface area contributed by atoms with Crippen LogP contribution in [0.1, 0.15) is 19.8 Å². The Morgan fingerprint density at radius 2 is 1.85 bits per heavy atom. The number of amides is 2. The highest BCUT2D eigenvalue weighted by molar-refractivity contribution is 5.77. The summed E-state index contributed by atoms with van der Waals surface area (Å²) in [7, 11) is 0. The molecule has 1 aliphatic rings. The van der Waals surface area contributed by atoms with E-state index in [0.717, 1.165) is 0 Å². The molecular formula is C18H22N4O4. The van der Waals surface area contributed by atoms with Crippen LogP contribution in [-0.4, -0.2) is 57.6 Å². The van der Waals surface area contributed by atoms with E-state index in [0.29, 0.717) is 57.0 Å². The van der Waals surface area contributed by atoms with Gasteiger partial charge in [-0.25, -0.2) is 4.68 Å². The third-order valence-corrected chi connectivity index (χ3v) is 4.48. The van der Waals surface area contributed by atoms with Crippen LogP contribution in [0.3, 0.4) is 0 Å². The first kappa shape index (κ1) is 17.9. The third kappa shape index (κ3) is 4.19. The molecule has 3 rings (SSSR count). The number of nitrogens with zero attached hydrogens (tertiary/aromatic N) is 4. The van der Waals surface area contributed by atoms with Gasteiger partial charge in [-0.1, -0.05) is 0 Å². The molecule has 0 saturated carbocycles. The van der Waals surface area contributed by atoms with Crippen molar-refractivity contribution < 1.29 is 14.0 Å². The molecule has 1 fully saturated rings. The molecule has 0 radical (unpaired) electrons. The zero-order valence-electron chi connectivity index (χ0n) is 14.8. The lowest BCUT2D eigenvalue weighted by Gasteiger charge is -2.34. The fourth-order valence-corrected chi connectivity index (χ4v) is 2.97. The summed E-state index contributed by atoms with van der Waals surface area (Å²) in [4.78, 5) is 39.1. The molecule has 2 amide bonds. The summed E-state index contributed by atoms with van der Waals surface area (Å²) in [5.41, 5.74) is 0.379. The minimum atomic E-state index is -0.206. The Morgan fingerprint density at radius 1 is 1.12 bits per heavy atom. The lowest BCUT2D eigenvalue weighted by molar-refractivity contribution is -0.138. The van der Waals surface area contributed by atoms with Crippen molar-refractivity contribution in [2.75, 3.05) is 26.2 Å². The first-order valence-corrected chi connectivity index (χ1v) is 8.70. The Hall–Kier alpha value is -2.90. The molecule has 138 valence electrons. The number of hydrogen-bond acceptors (Lipinski definition) is 5. The van der Waals surface area contributed by atoms with Crippen molar-refractivity contribution in [2.24, 2.45) is 0 Å². The van der Waals surface area contributed by atoms with Crippen LogP contribution in [0.2, 0.25) is 0 Å². The molecule has 8 heteroatoms. The second-order valence-corrected chi connectivity index (χ2v) is 6.25. The molecule has 2 aromatic heterocycles. The summed E-state index contributed by atoms with van der Waals surface area (Å²) in [6, 6.07) is 6.61. The average Bonchev–Trinajstić information content (AvgIpc) is 3.18. The number of aryl methyl sites for hydroxylation is 1. The molecule has 0 N–H and O–H groups in total. The van der Waals surface area contributed by atoms with Crippen molar-refractivity contribution >= 4 is 11.8 Å². The standard InChI is InChI=1S/C18H22N4O4/c1-14(23)20-9-11-21(12-10-20)17(24)5-2-8-22-18(25)7-6-15(19-22)16-4-3-13-26-16/h3-4,6-7,13H,2,5,8-12H2,1H3. The van der Waals surface area contributed by atoms with Gasteiger partial charge in [0.05, 0.1) is 6.26 Å². The molecule has 0 aliphatic carbocycles. The van der Waals surface area contributed by atoms with Gasteiger partial charge in [0.25, 0.3) is 5.56 Å². The normalized spacial score (nSPS) is 14.5. The maximum Gasteiger partial charge on any atom is 0.266 e. The zero-order chi connectivity index (χ0) is 18.5. The Morgan fingerprint density at radius 3 is 2.50 bits per heavy atom. The van der Waals surface area contributed by atoms with Gasteiger partial charge in [0.1, 0.15) is 5.69 Å². The van der Waals surface area contributed by atoms with Crippen molar-refractivity contribution in [3.63, 3.8) is 0 Å². The monoisotopic (exact) mass is 358 g/mol. The van der Waals surface area contributed by atoms with Crippen molar-refractivity contribution in [1.29, 1.82) is 0 Å². The van der Waals surface area contributed by atoms with Crippen molar-refractivity contribution in [1.82, 2.24) is 19.6 Å². The quantitative estimate of drug-likeness (QED) is 0.795. The molecule has 3 heterocycles. The average molecular weight is 358 g/mol. The minimum absolute atomic E-state index is 0.0407. The highest BCUT2D eigenvalue weighted by atomic mass is 16.3. The number of furan rings is 1. The van der Waals surface area contributed by atoms with Gasteiger partial charge in [-0.05, 0) is 24.6 Å². The molecule has 1 aliphatic heterocycles. The SMILES string of the molecule is CC(=O)N1CCN(C(=O)CCCn2nc(-c3ccco3)ccc2=O)CC1. The Balaban J connectivity index is 1.52. The topological polar surface area (TPSA) is 88.7 Å². The first-order valence-electron chi connectivity index (χ1n) is 8.70. The summed E-state index contributed by atoms with van der Waals surface area (Å²) in [6.07, 6.45) is 2.43. The van der Waals surface area contributed by atoms with E-state index in [2.05, 4.69) is 5.10 Å². The van der Waals surface area contributed by atoms with E-state index in [1.807, 2.05) is 0 Å². The molecule has 0 spiro atoms. The van der Waals surface area contributed by atoms with E-state index >= 15 is 0 Å². The molecule has 8 nitrogen and oxygen atoms in total. The lowest BCUT2D eigenvalue weighted by atomic mass is 10.2. The minimum Gasteiger partial charge on any atom is -0.463 e. The number of carbonyl (C=O) groups excluding carboxylic acids is 2. The molecule has 0 aromatic carbocycles. The largest absolute Gasteiger partial charge is 0.463 e. The second-order valence-electron chi connectivity index (χ2n) is 6.25. The second kappa shape index (κ2) is 7.99. The Bertz CT molecular complexity index is 820. The smallest absolute Gasteiger partial charge is 0.266 e. The summed E-state index contributed by atoms with van der Waals surface area (Å²) >= 11 is 0. The molecule has 1 saturated heterocycles. The summed E-state index contributed by atoms with van der Waals surface area (Å²) in [5.74, 6) is 0.681. The van der Waals surface area contributed by atoms with Gasteiger partial charge in [0, 0.05) is 52.1 Å². The highest BCUT2D eigenvalue weighted by Gasteiger charge is 2.21. The van der Waals surface area contributed by atoms with E-state index < -0.39 is 0 Å². The van der Waals surface area contributed by atoms with Gasteiger partial charge < -0.3 is 14.2 Å². The highest BCUT2D eigenvalue weighted by Crippen LogP contribution is 2.15. The molecule has 2 aromatic rings. The summed E-state index contributed by atoms with van der Waals surface area (Å²) in [5, 5.41) is 4.29. The number of hydrogen-bond donors (Lipinski definition) is 0. The Labute approximate surface area is 151 Å². The van der Waals surface area contributed by atoms with Crippen LogP contribution in [0.25, 0.3) is 11.5 Å². The summed E-state index contributed by atoms with van der Waals surface area (Å²) < 4.78 is 6.66. The number of piperazine rings is 1. The van der Waals surface area contributed by atoms with Gasteiger partial charge in [-0.3, -0.25) is 14.4 Å².